The minimum Gasteiger partial charge on any atom is -0.481 e. The summed E-state index contributed by atoms with van der Waals surface area (Å²) in [5.41, 5.74) is 0. The molecule has 2 rings (SSSR count). The van der Waals surface area contributed by atoms with Gasteiger partial charge in [0, 0.05) is 19.0 Å². The summed E-state index contributed by atoms with van der Waals surface area (Å²) in [6.45, 7) is 2.42. The van der Waals surface area contributed by atoms with Crippen molar-refractivity contribution < 1.29 is 9.90 Å². The van der Waals surface area contributed by atoms with Crippen LogP contribution in [0.1, 0.15) is 51.4 Å². The minimum atomic E-state index is -0.644. The number of nitrogens with zero attached hydrogens (tertiary/aromatic N) is 1. The first-order valence-corrected chi connectivity index (χ1v) is 6.71. The van der Waals surface area contributed by atoms with E-state index in [-0.39, 0.29) is 0 Å². The number of rotatable bonds is 5. The molecule has 1 heterocycles. The van der Waals surface area contributed by atoms with Crippen LogP contribution in [0.25, 0.3) is 0 Å². The van der Waals surface area contributed by atoms with Crippen molar-refractivity contribution in [3.8, 4) is 0 Å². The second-order valence-electron chi connectivity index (χ2n) is 5.37. The number of carboxylic acids is 1. The highest BCUT2D eigenvalue weighted by molar-refractivity contribution is 5.66. The Morgan fingerprint density at radius 1 is 1.19 bits per heavy atom. The van der Waals surface area contributed by atoms with Crippen molar-refractivity contribution in [2.75, 3.05) is 13.1 Å². The highest BCUT2D eigenvalue weighted by Crippen LogP contribution is 2.30. The van der Waals surface area contributed by atoms with Crippen molar-refractivity contribution in [3.63, 3.8) is 0 Å². The average Bonchev–Trinajstić information content (AvgIpc) is 2.22. The Balaban J connectivity index is 1.78. The number of carboxylic acid groups (broad SMARTS) is 1. The highest BCUT2D eigenvalue weighted by atomic mass is 16.4. The van der Waals surface area contributed by atoms with Gasteiger partial charge in [0.05, 0.1) is 0 Å². The molecule has 0 bridgehead atoms. The molecule has 1 aliphatic carbocycles. The molecule has 0 amide bonds. The Labute approximate surface area is 97.8 Å². The van der Waals surface area contributed by atoms with Gasteiger partial charge >= 0.3 is 5.97 Å². The maximum absolute atomic E-state index is 10.6. The monoisotopic (exact) mass is 225 g/mol. The van der Waals surface area contributed by atoms with E-state index in [4.69, 9.17) is 5.11 Å². The zero-order valence-electron chi connectivity index (χ0n) is 10.0. The Morgan fingerprint density at radius 3 is 2.62 bits per heavy atom. The van der Waals surface area contributed by atoms with Crippen LogP contribution in [0.15, 0.2) is 0 Å². The number of likely N-dealkylation sites (tertiary alicyclic amines) is 1. The third-order valence-corrected chi connectivity index (χ3v) is 4.16. The fraction of sp³-hybridized carbons (Fsp3) is 0.923. The quantitative estimate of drug-likeness (QED) is 0.781. The van der Waals surface area contributed by atoms with Gasteiger partial charge in [0.1, 0.15) is 0 Å². The molecule has 0 aromatic heterocycles. The van der Waals surface area contributed by atoms with Crippen molar-refractivity contribution >= 4 is 5.97 Å². The second-order valence-corrected chi connectivity index (χ2v) is 5.37. The van der Waals surface area contributed by atoms with Gasteiger partial charge in [0.15, 0.2) is 0 Å². The Hall–Kier alpha value is -0.570. The molecule has 1 saturated carbocycles. The van der Waals surface area contributed by atoms with E-state index in [0.29, 0.717) is 12.5 Å². The first-order valence-electron chi connectivity index (χ1n) is 6.71. The summed E-state index contributed by atoms with van der Waals surface area (Å²) in [5, 5.41) is 8.75. The largest absolute Gasteiger partial charge is 0.481 e. The molecule has 2 fully saturated rings. The van der Waals surface area contributed by atoms with Gasteiger partial charge in [-0.2, -0.15) is 0 Å². The number of piperidine rings is 1. The molecule has 2 aliphatic rings. The van der Waals surface area contributed by atoms with Crippen LogP contribution in [0.2, 0.25) is 0 Å². The maximum Gasteiger partial charge on any atom is 0.303 e. The SMILES string of the molecule is O=C(O)CCC1CCCCN1CC1CCC1. The summed E-state index contributed by atoms with van der Waals surface area (Å²) in [7, 11) is 0. The van der Waals surface area contributed by atoms with Crippen molar-refractivity contribution in [2.24, 2.45) is 5.92 Å². The molecular formula is C13H23NO2. The van der Waals surface area contributed by atoms with E-state index >= 15 is 0 Å². The number of hydrogen-bond acceptors (Lipinski definition) is 2. The average molecular weight is 225 g/mol. The van der Waals surface area contributed by atoms with E-state index in [1.165, 1.54) is 51.6 Å². The van der Waals surface area contributed by atoms with Gasteiger partial charge in [-0.15, -0.1) is 0 Å². The molecule has 92 valence electrons. The van der Waals surface area contributed by atoms with E-state index in [2.05, 4.69) is 4.90 Å². The normalized spacial score (nSPS) is 27.6. The molecule has 0 aromatic carbocycles. The third-order valence-electron chi connectivity index (χ3n) is 4.16. The van der Waals surface area contributed by atoms with Gasteiger partial charge in [-0.3, -0.25) is 4.79 Å². The van der Waals surface area contributed by atoms with E-state index in [0.717, 1.165) is 12.3 Å². The third kappa shape index (κ3) is 3.21. The van der Waals surface area contributed by atoms with Gasteiger partial charge in [-0.25, -0.2) is 0 Å². The number of carbonyl (C=O) groups is 1. The topological polar surface area (TPSA) is 40.5 Å². The van der Waals surface area contributed by atoms with Crippen LogP contribution in [0, 0.1) is 5.92 Å². The Kier molecular flexibility index (Phi) is 4.22. The summed E-state index contributed by atoms with van der Waals surface area (Å²) in [6.07, 6.45) is 9.16. The summed E-state index contributed by atoms with van der Waals surface area (Å²) >= 11 is 0. The molecule has 1 atom stereocenters. The van der Waals surface area contributed by atoms with Gasteiger partial charge in [0.25, 0.3) is 0 Å². The predicted octanol–water partition coefficient (Wildman–Crippen LogP) is 2.51. The van der Waals surface area contributed by atoms with Crippen molar-refractivity contribution in [1.29, 1.82) is 0 Å². The molecule has 0 spiro atoms. The molecule has 0 radical (unpaired) electrons. The van der Waals surface area contributed by atoms with Crippen molar-refractivity contribution in [1.82, 2.24) is 4.90 Å². The number of hydrogen-bond donors (Lipinski definition) is 1. The highest BCUT2D eigenvalue weighted by Gasteiger charge is 2.27. The first kappa shape index (κ1) is 11.9. The van der Waals surface area contributed by atoms with E-state index in [9.17, 15) is 4.79 Å². The smallest absolute Gasteiger partial charge is 0.303 e. The zero-order chi connectivity index (χ0) is 11.4. The van der Waals surface area contributed by atoms with Crippen LogP contribution in [0.4, 0.5) is 0 Å². The van der Waals surface area contributed by atoms with Crippen LogP contribution in [-0.2, 0) is 4.79 Å². The lowest BCUT2D eigenvalue weighted by atomic mass is 9.84. The second kappa shape index (κ2) is 5.67. The van der Waals surface area contributed by atoms with Gasteiger partial charge < -0.3 is 10.0 Å². The van der Waals surface area contributed by atoms with Gasteiger partial charge in [0.2, 0.25) is 0 Å². The van der Waals surface area contributed by atoms with Crippen LogP contribution >= 0.6 is 0 Å². The molecule has 16 heavy (non-hydrogen) atoms. The van der Waals surface area contributed by atoms with E-state index in [1.54, 1.807) is 0 Å². The summed E-state index contributed by atoms with van der Waals surface area (Å²) in [5.74, 6) is 0.264. The molecule has 3 heteroatoms. The van der Waals surface area contributed by atoms with Gasteiger partial charge in [-0.05, 0) is 44.6 Å². The molecule has 1 N–H and O–H groups in total. The Bertz CT molecular complexity index is 238. The van der Waals surface area contributed by atoms with Crippen molar-refractivity contribution in [3.05, 3.63) is 0 Å². The maximum atomic E-state index is 10.6. The van der Waals surface area contributed by atoms with Crippen LogP contribution in [0.5, 0.6) is 0 Å². The molecule has 0 aromatic rings. The van der Waals surface area contributed by atoms with Crippen LogP contribution in [-0.4, -0.2) is 35.1 Å². The van der Waals surface area contributed by atoms with E-state index < -0.39 is 5.97 Å². The Morgan fingerprint density at radius 2 is 2.00 bits per heavy atom. The van der Waals surface area contributed by atoms with Gasteiger partial charge in [-0.1, -0.05) is 12.8 Å². The standard InChI is InChI=1S/C13H23NO2/c15-13(16)8-7-12-6-1-2-9-14(12)10-11-4-3-5-11/h11-12H,1-10H2,(H,15,16). The van der Waals surface area contributed by atoms with E-state index in [1.807, 2.05) is 0 Å². The minimum absolute atomic E-state index is 0.339. The number of aliphatic carboxylic acids is 1. The zero-order valence-corrected chi connectivity index (χ0v) is 10.0. The fourth-order valence-corrected chi connectivity index (χ4v) is 2.92. The van der Waals surface area contributed by atoms with Crippen LogP contribution in [0.3, 0.4) is 0 Å². The molecule has 1 aliphatic heterocycles. The molecule has 1 saturated heterocycles. The lowest BCUT2D eigenvalue weighted by Crippen LogP contribution is -2.43. The molecule has 3 nitrogen and oxygen atoms in total. The summed E-state index contributed by atoms with van der Waals surface area (Å²) < 4.78 is 0. The van der Waals surface area contributed by atoms with Crippen molar-refractivity contribution in [2.45, 2.75) is 57.4 Å². The first-order chi connectivity index (χ1) is 7.75. The van der Waals surface area contributed by atoms with Crippen LogP contribution < -0.4 is 0 Å². The summed E-state index contributed by atoms with van der Waals surface area (Å²) in [6, 6.07) is 0.547. The fourth-order valence-electron chi connectivity index (χ4n) is 2.92. The lowest BCUT2D eigenvalue weighted by Gasteiger charge is -2.40. The predicted molar refractivity (Wildman–Crippen MR) is 63.4 cm³/mol. The molecule has 1 unspecified atom stereocenters. The lowest BCUT2D eigenvalue weighted by molar-refractivity contribution is -0.137. The summed E-state index contributed by atoms with van der Waals surface area (Å²) in [4.78, 5) is 13.2. The molecular weight excluding hydrogens is 202 g/mol.